The van der Waals surface area contributed by atoms with Crippen molar-refractivity contribution in [3.8, 4) is 0 Å². The summed E-state index contributed by atoms with van der Waals surface area (Å²) in [6, 6.07) is 1.36. The molecular formula is C14H30N2O. The molecule has 0 bridgehead atoms. The number of ether oxygens (including phenoxy) is 1. The zero-order valence-corrected chi connectivity index (χ0v) is 12.0. The van der Waals surface area contributed by atoms with Gasteiger partial charge in [-0.2, -0.15) is 0 Å². The van der Waals surface area contributed by atoms with Crippen LogP contribution in [0.3, 0.4) is 0 Å². The van der Waals surface area contributed by atoms with Crippen molar-refractivity contribution in [3.05, 3.63) is 0 Å². The Morgan fingerprint density at radius 1 is 1.29 bits per heavy atom. The van der Waals surface area contributed by atoms with Crippen molar-refractivity contribution in [1.29, 1.82) is 0 Å². The van der Waals surface area contributed by atoms with Gasteiger partial charge in [0.1, 0.15) is 0 Å². The van der Waals surface area contributed by atoms with Gasteiger partial charge in [0.15, 0.2) is 0 Å². The molecule has 1 N–H and O–H groups in total. The van der Waals surface area contributed by atoms with E-state index in [9.17, 15) is 0 Å². The maximum Gasteiger partial charge on any atom is 0.0589 e. The van der Waals surface area contributed by atoms with Gasteiger partial charge in [0.25, 0.3) is 0 Å². The Kier molecular flexibility index (Phi) is 7.09. The maximum absolute atomic E-state index is 5.21. The van der Waals surface area contributed by atoms with Crippen molar-refractivity contribution in [2.24, 2.45) is 5.92 Å². The van der Waals surface area contributed by atoms with Gasteiger partial charge in [0.05, 0.1) is 6.61 Å². The molecule has 0 aromatic rings. The number of methoxy groups -OCH3 is 1. The smallest absolute Gasteiger partial charge is 0.0589 e. The Bertz CT molecular complexity index is 195. The maximum atomic E-state index is 5.21. The van der Waals surface area contributed by atoms with Gasteiger partial charge >= 0.3 is 0 Å². The molecule has 102 valence electrons. The SMILES string of the molecule is CCC(C)NCCN(CCOC)C(C)C1CC1. The molecule has 17 heavy (non-hydrogen) atoms. The molecule has 0 aliphatic heterocycles. The van der Waals surface area contributed by atoms with E-state index in [1.807, 2.05) is 0 Å². The number of hydrogen-bond donors (Lipinski definition) is 1. The highest BCUT2D eigenvalue weighted by molar-refractivity contribution is 4.85. The summed E-state index contributed by atoms with van der Waals surface area (Å²) in [5.41, 5.74) is 0. The molecule has 1 saturated carbocycles. The van der Waals surface area contributed by atoms with Gasteiger partial charge in [-0.05, 0) is 39.0 Å². The summed E-state index contributed by atoms with van der Waals surface area (Å²) in [5, 5.41) is 3.57. The largest absolute Gasteiger partial charge is 0.383 e. The molecular weight excluding hydrogens is 212 g/mol. The highest BCUT2D eigenvalue weighted by Gasteiger charge is 2.31. The summed E-state index contributed by atoms with van der Waals surface area (Å²) in [6.45, 7) is 11.0. The molecule has 0 radical (unpaired) electrons. The van der Waals surface area contributed by atoms with Crippen molar-refractivity contribution in [2.75, 3.05) is 33.4 Å². The molecule has 0 spiro atoms. The van der Waals surface area contributed by atoms with Gasteiger partial charge in [0.2, 0.25) is 0 Å². The van der Waals surface area contributed by atoms with Crippen LogP contribution in [0.5, 0.6) is 0 Å². The number of nitrogens with one attached hydrogen (secondary N) is 1. The topological polar surface area (TPSA) is 24.5 Å². The lowest BCUT2D eigenvalue weighted by Crippen LogP contribution is -2.42. The predicted molar refractivity (Wildman–Crippen MR) is 73.4 cm³/mol. The average Bonchev–Trinajstić information content (AvgIpc) is 3.16. The third-order valence-corrected chi connectivity index (χ3v) is 3.97. The van der Waals surface area contributed by atoms with Gasteiger partial charge < -0.3 is 10.1 Å². The van der Waals surface area contributed by atoms with Crippen LogP contribution >= 0.6 is 0 Å². The van der Waals surface area contributed by atoms with Crippen molar-refractivity contribution < 1.29 is 4.74 Å². The van der Waals surface area contributed by atoms with Crippen LogP contribution in [0.2, 0.25) is 0 Å². The Morgan fingerprint density at radius 3 is 2.53 bits per heavy atom. The first-order valence-electron chi connectivity index (χ1n) is 7.15. The van der Waals surface area contributed by atoms with Crippen LogP contribution in [-0.4, -0.2) is 50.3 Å². The fourth-order valence-corrected chi connectivity index (χ4v) is 2.20. The molecule has 0 saturated heterocycles. The zero-order valence-electron chi connectivity index (χ0n) is 12.0. The normalized spacial score (nSPS) is 19.6. The van der Waals surface area contributed by atoms with Crippen LogP contribution in [0.4, 0.5) is 0 Å². The van der Waals surface area contributed by atoms with Crippen LogP contribution in [-0.2, 0) is 4.74 Å². The lowest BCUT2D eigenvalue weighted by Gasteiger charge is -2.29. The van der Waals surface area contributed by atoms with Gasteiger partial charge in [0, 0.05) is 38.8 Å². The van der Waals surface area contributed by atoms with Crippen molar-refractivity contribution in [3.63, 3.8) is 0 Å². The van der Waals surface area contributed by atoms with Gasteiger partial charge in [-0.3, -0.25) is 4.90 Å². The van der Waals surface area contributed by atoms with Gasteiger partial charge in [-0.15, -0.1) is 0 Å². The Balaban J connectivity index is 2.24. The second kappa shape index (κ2) is 8.06. The van der Waals surface area contributed by atoms with Crippen molar-refractivity contribution in [1.82, 2.24) is 10.2 Å². The van der Waals surface area contributed by atoms with Crippen LogP contribution in [0.15, 0.2) is 0 Å². The van der Waals surface area contributed by atoms with E-state index in [1.54, 1.807) is 7.11 Å². The summed E-state index contributed by atoms with van der Waals surface area (Å²) in [5.74, 6) is 0.940. The van der Waals surface area contributed by atoms with E-state index in [2.05, 4.69) is 31.0 Å². The highest BCUT2D eigenvalue weighted by atomic mass is 16.5. The summed E-state index contributed by atoms with van der Waals surface area (Å²) < 4.78 is 5.21. The molecule has 2 atom stereocenters. The fourth-order valence-electron chi connectivity index (χ4n) is 2.20. The molecule has 2 unspecified atom stereocenters. The van der Waals surface area contributed by atoms with E-state index in [-0.39, 0.29) is 0 Å². The van der Waals surface area contributed by atoms with Crippen LogP contribution in [0.1, 0.15) is 40.0 Å². The molecule has 1 aliphatic rings. The molecule has 1 fully saturated rings. The Morgan fingerprint density at radius 2 is 2.00 bits per heavy atom. The van der Waals surface area contributed by atoms with Gasteiger partial charge in [-0.25, -0.2) is 0 Å². The molecule has 0 aromatic heterocycles. The molecule has 3 heteroatoms. The first kappa shape index (κ1) is 14.9. The van der Waals surface area contributed by atoms with E-state index >= 15 is 0 Å². The lowest BCUT2D eigenvalue weighted by molar-refractivity contribution is 0.117. The lowest BCUT2D eigenvalue weighted by atomic mass is 10.2. The van der Waals surface area contributed by atoms with E-state index in [0.29, 0.717) is 6.04 Å². The Hall–Kier alpha value is -0.120. The van der Waals surface area contributed by atoms with Crippen LogP contribution < -0.4 is 5.32 Å². The first-order valence-corrected chi connectivity index (χ1v) is 7.15. The third kappa shape index (κ3) is 5.84. The highest BCUT2D eigenvalue weighted by Crippen LogP contribution is 2.34. The van der Waals surface area contributed by atoms with Gasteiger partial charge in [-0.1, -0.05) is 6.92 Å². The minimum absolute atomic E-state index is 0.635. The monoisotopic (exact) mass is 242 g/mol. The summed E-state index contributed by atoms with van der Waals surface area (Å²) in [4.78, 5) is 2.58. The second-order valence-corrected chi connectivity index (χ2v) is 5.37. The second-order valence-electron chi connectivity index (χ2n) is 5.37. The molecule has 3 nitrogen and oxygen atoms in total. The zero-order chi connectivity index (χ0) is 12.7. The third-order valence-electron chi connectivity index (χ3n) is 3.97. The minimum Gasteiger partial charge on any atom is -0.383 e. The van der Waals surface area contributed by atoms with E-state index in [0.717, 1.165) is 38.2 Å². The van der Waals surface area contributed by atoms with E-state index < -0.39 is 0 Å². The molecule has 0 aromatic carbocycles. The van der Waals surface area contributed by atoms with Crippen LogP contribution in [0, 0.1) is 5.92 Å². The number of nitrogens with zero attached hydrogens (tertiary/aromatic N) is 1. The average molecular weight is 242 g/mol. The number of hydrogen-bond acceptors (Lipinski definition) is 3. The quantitative estimate of drug-likeness (QED) is 0.635. The molecule has 1 aliphatic carbocycles. The summed E-state index contributed by atoms with van der Waals surface area (Å²) in [6.07, 6.45) is 4.04. The number of rotatable bonds is 10. The standard InChI is InChI=1S/C14H30N2O/c1-5-12(2)15-8-9-16(10-11-17-4)13(3)14-6-7-14/h12-15H,5-11H2,1-4H3. The van der Waals surface area contributed by atoms with Crippen molar-refractivity contribution in [2.45, 2.75) is 52.1 Å². The Labute approximate surface area is 107 Å². The van der Waals surface area contributed by atoms with Crippen molar-refractivity contribution >= 4 is 0 Å². The summed E-state index contributed by atoms with van der Waals surface area (Å²) >= 11 is 0. The first-order chi connectivity index (χ1) is 8.19. The van der Waals surface area contributed by atoms with E-state index in [1.165, 1.54) is 19.3 Å². The molecule has 0 heterocycles. The molecule has 0 amide bonds. The van der Waals surface area contributed by atoms with Crippen LogP contribution in [0.25, 0.3) is 0 Å². The summed E-state index contributed by atoms with van der Waals surface area (Å²) in [7, 11) is 1.79. The van der Waals surface area contributed by atoms with E-state index in [4.69, 9.17) is 4.74 Å². The fraction of sp³-hybridized carbons (Fsp3) is 1.00. The minimum atomic E-state index is 0.635. The molecule has 1 rings (SSSR count). The predicted octanol–water partition coefficient (Wildman–Crippen LogP) is 2.12.